The molecule has 0 spiro atoms. The van der Waals surface area contributed by atoms with E-state index in [-0.39, 0.29) is 18.4 Å². The standard InChI is InChI=1S/C18H19N3O4/c1-11-7-12(3-5-15(11)22)4-6-18(23)21(2)14-9-17-16(24-10-25-17)8-13(14)20-19/h3-9,20,22H,10,19H2,1-2H3/b6-4+. The highest BCUT2D eigenvalue weighted by Crippen LogP contribution is 2.40. The lowest BCUT2D eigenvalue weighted by Gasteiger charge is -2.19. The molecule has 0 aliphatic carbocycles. The van der Waals surface area contributed by atoms with Crippen LogP contribution in [0.15, 0.2) is 36.4 Å². The molecule has 130 valence electrons. The number of hydrogen-bond acceptors (Lipinski definition) is 6. The zero-order valence-corrected chi connectivity index (χ0v) is 13.9. The van der Waals surface area contributed by atoms with Crippen LogP contribution in [-0.2, 0) is 4.79 Å². The van der Waals surface area contributed by atoms with Gasteiger partial charge in [0.1, 0.15) is 5.75 Å². The van der Waals surface area contributed by atoms with Gasteiger partial charge in [-0.05, 0) is 36.3 Å². The second-order valence-corrected chi connectivity index (χ2v) is 5.64. The fourth-order valence-electron chi connectivity index (χ4n) is 2.50. The van der Waals surface area contributed by atoms with E-state index >= 15 is 0 Å². The number of hydrazine groups is 1. The summed E-state index contributed by atoms with van der Waals surface area (Å²) in [6.07, 6.45) is 3.14. The number of aryl methyl sites for hydroxylation is 1. The van der Waals surface area contributed by atoms with Gasteiger partial charge in [0.05, 0.1) is 11.4 Å². The largest absolute Gasteiger partial charge is 0.508 e. The molecule has 0 atom stereocenters. The number of carbonyl (C=O) groups is 1. The number of nitrogens with zero attached hydrogens (tertiary/aromatic N) is 1. The van der Waals surface area contributed by atoms with E-state index in [4.69, 9.17) is 15.3 Å². The number of phenolic OH excluding ortho intramolecular Hbond substituents is 1. The second kappa shape index (κ2) is 6.74. The molecule has 2 aromatic carbocycles. The number of phenols is 1. The Labute approximate surface area is 145 Å². The molecule has 1 aliphatic rings. The number of benzene rings is 2. The summed E-state index contributed by atoms with van der Waals surface area (Å²) < 4.78 is 10.7. The van der Waals surface area contributed by atoms with Crippen molar-refractivity contribution >= 4 is 23.4 Å². The minimum atomic E-state index is -0.235. The molecular formula is C18H19N3O4. The molecule has 0 aromatic heterocycles. The predicted molar refractivity (Wildman–Crippen MR) is 95.7 cm³/mol. The van der Waals surface area contributed by atoms with E-state index < -0.39 is 0 Å². The molecule has 3 rings (SSSR count). The SMILES string of the molecule is Cc1cc(/C=C/C(=O)N(C)c2cc3c(cc2NN)OCO3)ccc1O. The van der Waals surface area contributed by atoms with Crippen LogP contribution in [0, 0.1) is 6.92 Å². The number of nitrogens with two attached hydrogens (primary N) is 1. The van der Waals surface area contributed by atoms with Gasteiger partial charge in [0.25, 0.3) is 5.91 Å². The molecule has 1 amide bonds. The summed E-state index contributed by atoms with van der Waals surface area (Å²) in [7, 11) is 1.65. The minimum Gasteiger partial charge on any atom is -0.508 e. The van der Waals surface area contributed by atoms with Crippen molar-refractivity contribution in [2.24, 2.45) is 5.84 Å². The maximum absolute atomic E-state index is 12.5. The zero-order valence-electron chi connectivity index (χ0n) is 13.9. The Balaban J connectivity index is 1.82. The van der Waals surface area contributed by atoms with Crippen LogP contribution in [0.1, 0.15) is 11.1 Å². The van der Waals surface area contributed by atoms with Crippen LogP contribution in [0.3, 0.4) is 0 Å². The molecule has 25 heavy (non-hydrogen) atoms. The Morgan fingerprint density at radius 1 is 1.28 bits per heavy atom. The number of amides is 1. The van der Waals surface area contributed by atoms with Crippen molar-refractivity contribution in [1.29, 1.82) is 0 Å². The predicted octanol–water partition coefficient (Wildman–Crippen LogP) is 2.39. The maximum Gasteiger partial charge on any atom is 0.250 e. The Hall–Kier alpha value is -3.19. The summed E-state index contributed by atoms with van der Waals surface area (Å²) in [5, 5.41) is 9.55. The molecule has 1 heterocycles. The molecule has 0 radical (unpaired) electrons. The summed E-state index contributed by atoms with van der Waals surface area (Å²) in [6.45, 7) is 1.94. The van der Waals surface area contributed by atoms with E-state index in [1.54, 1.807) is 50.4 Å². The molecule has 4 N–H and O–H groups in total. The van der Waals surface area contributed by atoms with E-state index in [0.717, 1.165) is 11.1 Å². The number of fused-ring (bicyclic) bond motifs is 1. The first-order valence-corrected chi connectivity index (χ1v) is 7.65. The van der Waals surface area contributed by atoms with Crippen molar-refractivity contribution < 1.29 is 19.4 Å². The molecule has 0 fully saturated rings. The van der Waals surface area contributed by atoms with Gasteiger partial charge in [0, 0.05) is 25.3 Å². The van der Waals surface area contributed by atoms with Crippen molar-refractivity contribution in [2.45, 2.75) is 6.92 Å². The molecule has 0 saturated carbocycles. The maximum atomic E-state index is 12.5. The average Bonchev–Trinajstić information content (AvgIpc) is 3.08. The van der Waals surface area contributed by atoms with E-state index in [1.807, 2.05) is 0 Å². The summed E-state index contributed by atoms with van der Waals surface area (Å²) in [4.78, 5) is 13.9. The third-order valence-electron chi connectivity index (χ3n) is 3.98. The van der Waals surface area contributed by atoms with Gasteiger partial charge < -0.3 is 24.9 Å². The van der Waals surface area contributed by atoms with E-state index in [9.17, 15) is 9.90 Å². The van der Waals surface area contributed by atoms with Gasteiger partial charge in [0.2, 0.25) is 6.79 Å². The first-order valence-electron chi connectivity index (χ1n) is 7.65. The van der Waals surface area contributed by atoms with E-state index in [2.05, 4.69) is 5.43 Å². The number of hydrogen-bond donors (Lipinski definition) is 3. The van der Waals surface area contributed by atoms with Gasteiger partial charge in [-0.3, -0.25) is 10.6 Å². The molecule has 0 unspecified atom stereocenters. The van der Waals surface area contributed by atoms with Gasteiger partial charge >= 0.3 is 0 Å². The third-order valence-corrected chi connectivity index (χ3v) is 3.98. The minimum absolute atomic E-state index is 0.139. The van der Waals surface area contributed by atoms with E-state index in [1.165, 1.54) is 11.0 Å². The first kappa shape index (κ1) is 16.7. The van der Waals surface area contributed by atoms with Crippen molar-refractivity contribution in [1.82, 2.24) is 0 Å². The molecule has 0 saturated heterocycles. The number of ether oxygens (including phenoxy) is 2. The lowest BCUT2D eigenvalue weighted by atomic mass is 10.1. The fraction of sp³-hybridized carbons (Fsp3) is 0.167. The molecule has 1 aliphatic heterocycles. The fourth-order valence-corrected chi connectivity index (χ4v) is 2.50. The molecule has 7 nitrogen and oxygen atoms in total. The normalized spacial score (nSPS) is 12.4. The summed E-state index contributed by atoms with van der Waals surface area (Å²) in [5.74, 6) is 6.68. The first-order chi connectivity index (χ1) is 12.0. The smallest absolute Gasteiger partial charge is 0.250 e. The van der Waals surface area contributed by atoms with Crippen LogP contribution in [0.25, 0.3) is 6.08 Å². The lowest BCUT2D eigenvalue weighted by molar-refractivity contribution is -0.113. The highest BCUT2D eigenvalue weighted by molar-refractivity contribution is 6.05. The van der Waals surface area contributed by atoms with Gasteiger partial charge in [0.15, 0.2) is 11.5 Å². The third kappa shape index (κ3) is 3.36. The molecule has 0 bridgehead atoms. The second-order valence-electron chi connectivity index (χ2n) is 5.64. The van der Waals surface area contributed by atoms with Crippen LogP contribution in [0.5, 0.6) is 17.2 Å². The van der Waals surface area contributed by atoms with Crippen molar-refractivity contribution in [3.63, 3.8) is 0 Å². The van der Waals surface area contributed by atoms with Crippen LogP contribution in [0.2, 0.25) is 0 Å². The Morgan fingerprint density at radius 2 is 2.00 bits per heavy atom. The topological polar surface area (TPSA) is 97.1 Å². The lowest BCUT2D eigenvalue weighted by Crippen LogP contribution is -2.25. The van der Waals surface area contributed by atoms with Crippen LogP contribution in [0.4, 0.5) is 11.4 Å². The van der Waals surface area contributed by atoms with Gasteiger partial charge in [-0.1, -0.05) is 6.07 Å². The number of likely N-dealkylation sites (N-methyl/N-ethyl adjacent to an activating group) is 1. The summed E-state index contributed by atoms with van der Waals surface area (Å²) in [5.41, 5.74) is 5.25. The Bertz CT molecular complexity index is 848. The van der Waals surface area contributed by atoms with Crippen LogP contribution >= 0.6 is 0 Å². The zero-order chi connectivity index (χ0) is 18.0. The quantitative estimate of drug-likeness (QED) is 0.449. The molecular weight excluding hydrogens is 322 g/mol. The monoisotopic (exact) mass is 341 g/mol. The van der Waals surface area contributed by atoms with Crippen molar-refractivity contribution in [3.05, 3.63) is 47.5 Å². The van der Waals surface area contributed by atoms with Gasteiger partial charge in [-0.25, -0.2) is 0 Å². The van der Waals surface area contributed by atoms with Crippen LogP contribution in [-0.4, -0.2) is 24.9 Å². The average molecular weight is 341 g/mol. The molecule has 2 aromatic rings. The number of nitrogens with one attached hydrogen (secondary N) is 1. The Morgan fingerprint density at radius 3 is 2.68 bits per heavy atom. The van der Waals surface area contributed by atoms with Crippen molar-refractivity contribution in [3.8, 4) is 17.2 Å². The Kier molecular flexibility index (Phi) is 4.49. The summed E-state index contributed by atoms with van der Waals surface area (Å²) >= 11 is 0. The molecule has 7 heteroatoms. The van der Waals surface area contributed by atoms with Gasteiger partial charge in [-0.2, -0.15) is 0 Å². The van der Waals surface area contributed by atoms with Gasteiger partial charge in [-0.15, -0.1) is 0 Å². The number of carbonyl (C=O) groups excluding carboxylic acids is 1. The van der Waals surface area contributed by atoms with Crippen LogP contribution < -0.4 is 25.6 Å². The number of rotatable bonds is 4. The van der Waals surface area contributed by atoms with Crippen molar-refractivity contribution in [2.75, 3.05) is 24.2 Å². The number of anilines is 2. The highest BCUT2D eigenvalue weighted by atomic mass is 16.7. The summed E-state index contributed by atoms with van der Waals surface area (Å²) in [6, 6.07) is 8.52. The number of nitrogen functional groups attached to an aromatic ring is 1. The van der Waals surface area contributed by atoms with E-state index in [0.29, 0.717) is 22.9 Å². The number of aromatic hydroxyl groups is 1. The highest BCUT2D eigenvalue weighted by Gasteiger charge is 2.20.